The molecule has 0 amide bonds. The average molecular weight is 302 g/mol. The Morgan fingerprint density at radius 2 is 1.95 bits per heavy atom. The van der Waals surface area contributed by atoms with Crippen molar-refractivity contribution in [1.82, 2.24) is 4.98 Å². The minimum atomic E-state index is 0. The van der Waals surface area contributed by atoms with Crippen molar-refractivity contribution in [2.45, 2.75) is 32.2 Å². The van der Waals surface area contributed by atoms with Gasteiger partial charge in [-0.1, -0.05) is 24.3 Å². The van der Waals surface area contributed by atoms with Crippen LogP contribution in [0.25, 0.3) is 0 Å². The van der Waals surface area contributed by atoms with Gasteiger partial charge in [-0.05, 0) is 48.9 Å². The lowest BCUT2D eigenvalue weighted by molar-refractivity contribution is 0.668. The van der Waals surface area contributed by atoms with Gasteiger partial charge in [-0.15, -0.1) is 12.4 Å². The van der Waals surface area contributed by atoms with Crippen molar-refractivity contribution < 1.29 is 0 Å². The van der Waals surface area contributed by atoms with Crippen LogP contribution in [0, 0.1) is 12.3 Å². The van der Waals surface area contributed by atoms with Gasteiger partial charge in [0.25, 0.3) is 0 Å². The molecule has 0 spiro atoms. The van der Waals surface area contributed by atoms with Crippen LogP contribution < -0.4 is 5.73 Å². The van der Waals surface area contributed by atoms with Crippen LogP contribution in [-0.4, -0.2) is 10.7 Å². The quantitative estimate of drug-likeness (QED) is 0.893. The number of nitrogens with two attached hydrogens (primary N) is 1. The Balaban J connectivity index is 0.00000161. The second-order valence-electron chi connectivity index (χ2n) is 5.43. The van der Waals surface area contributed by atoms with Crippen molar-refractivity contribution in [3.05, 3.63) is 64.5 Å². The van der Waals surface area contributed by atoms with Crippen LogP contribution in [0.1, 0.15) is 40.4 Å². The SMILES string of the molecule is Cc1ccc2c(n1)CC(c1ccccc1CN)CC2=N.Cl. The number of aryl methyl sites for hydroxylation is 1. The number of rotatable bonds is 2. The molecular weight excluding hydrogens is 282 g/mol. The van der Waals surface area contributed by atoms with E-state index in [2.05, 4.69) is 23.2 Å². The Morgan fingerprint density at radius 3 is 2.71 bits per heavy atom. The molecule has 0 radical (unpaired) electrons. The number of aromatic nitrogens is 1. The first kappa shape index (κ1) is 15.7. The summed E-state index contributed by atoms with van der Waals surface area (Å²) in [6.07, 6.45) is 1.67. The molecule has 1 unspecified atom stereocenters. The molecule has 4 heteroatoms. The lowest BCUT2D eigenvalue weighted by atomic mass is 9.79. The van der Waals surface area contributed by atoms with Gasteiger partial charge in [0, 0.05) is 23.5 Å². The van der Waals surface area contributed by atoms with Crippen molar-refractivity contribution in [2.75, 3.05) is 0 Å². The molecule has 21 heavy (non-hydrogen) atoms. The summed E-state index contributed by atoms with van der Waals surface area (Å²) in [4.78, 5) is 4.62. The Bertz CT molecular complexity index is 667. The van der Waals surface area contributed by atoms with Crippen molar-refractivity contribution in [3.8, 4) is 0 Å². The minimum Gasteiger partial charge on any atom is -0.326 e. The molecule has 2 aromatic rings. The van der Waals surface area contributed by atoms with E-state index in [4.69, 9.17) is 11.1 Å². The van der Waals surface area contributed by atoms with Gasteiger partial charge in [0.2, 0.25) is 0 Å². The summed E-state index contributed by atoms with van der Waals surface area (Å²) in [5, 5.41) is 8.28. The molecule has 3 N–H and O–H groups in total. The summed E-state index contributed by atoms with van der Waals surface area (Å²) >= 11 is 0. The van der Waals surface area contributed by atoms with Gasteiger partial charge >= 0.3 is 0 Å². The van der Waals surface area contributed by atoms with Gasteiger partial charge in [0.05, 0.1) is 5.69 Å². The van der Waals surface area contributed by atoms with Gasteiger partial charge in [-0.2, -0.15) is 0 Å². The number of benzene rings is 1. The first-order valence-electron chi connectivity index (χ1n) is 7.01. The predicted octanol–water partition coefficient (Wildman–Crippen LogP) is 3.37. The molecule has 3 nitrogen and oxygen atoms in total. The fourth-order valence-electron chi connectivity index (χ4n) is 3.04. The van der Waals surface area contributed by atoms with Crippen LogP contribution in [0.2, 0.25) is 0 Å². The lowest BCUT2D eigenvalue weighted by Crippen LogP contribution is -2.21. The van der Waals surface area contributed by atoms with Crippen molar-refractivity contribution in [1.29, 1.82) is 5.41 Å². The fraction of sp³-hybridized carbons (Fsp3) is 0.294. The summed E-state index contributed by atoms with van der Waals surface area (Å²) < 4.78 is 0. The highest BCUT2D eigenvalue weighted by atomic mass is 35.5. The summed E-state index contributed by atoms with van der Waals surface area (Å²) in [5.74, 6) is 0.323. The molecule has 1 aliphatic carbocycles. The molecule has 1 aromatic carbocycles. The van der Waals surface area contributed by atoms with Crippen LogP contribution in [0.5, 0.6) is 0 Å². The van der Waals surface area contributed by atoms with Crippen molar-refractivity contribution in [3.63, 3.8) is 0 Å². The molecule has 3 rings (SSSR count). The van der Waals surface area contributed by atoms with Gasteiger partial charge < -0.3 is 11.1 Å². The number of halogens is 1. The number of nitrogens with zero attached hydrogens (tertiary/aromatic N) is 1. The molecule has 0 bridgehead atoms. The summed E-state index contributed by atoms with van der Waals surface area (Å²) in [5.41, 5.74) is 12.1. The zero-order valence-corrected chi connectivity index (χ0v) is 12.9. The highest BCUT2D eigenvalue weighted by molar-refractivity contribution is 6.00. The summed E-state index contributed by atoms with van der Waals surface area (Å²) in [6, 6.07) is 12.3. The Hall–Kier alpha value is -1.71. The highest BCUT2D eigenvalue weighted by Crippen LogP contribution is 2.33. The molecule has 1 atom stereocenters. The first-order valence-corrected chi connectivity index (χ1v) is 7.01. The number of pyridine rings is 1. The van der Waals surface area contributed by atoms with Crippen LogP contribution >= 0.6 is 12.4 Å². The molecule has 0 aliphatic heterocycles. The molecule has 1 aromatic heterocycles. The predicted molar refractivity (Wildman–Crippen MR) is 88.4 cm³/mol. The Labute approximate surface area is 131 Å². The van der Waals surface area contributed by atoms with Gasteiger partial charge in [-0.3, -0.25) is 4.98 Å². The monoisotopic (exact) mass is 301 g/mol. The number of hydrogen-bond acceptors (Lipinski definition) is 3. The standard InChI is InChI=1S/C17H19N3.ClH/c1-11-6-7-15-16(19)8-13(9-17(15)20-11)14-5-3-2-4-12(14)10-18;/h2-7,13,19H,8-10,18H2,1H3;1H. The lowest BCUT2D eigenvalue weighted by Gasteiger charge is -2.26. The van der Waals surface area contributed by atoms with Crippen molar-refractivity contribution in [2.24, 2.45) is 5.73 Å². The third-order valence-corrected chi connectivity index (χ3v) is 4.04. The largest absolute Gasteiger partial charge is 0.326 e. The normalized spacial score (nSPS) is 17.0. The van der Waals surface area contributed by atoms with Gasteiger partial charge in [0.15, 0.2) is 0 Å². The van der Waals surface area contributed by atoms with Crippen LogP contribution in [0.15, 0.2) is 36.4 Å². The maximum absolute atomic E-state index is 8.28. The average Bonchev–Trinajstić information content (AvgIpc) is 2.46. The second-order valence-corrected chi connectivity index (χ2v) is 5.43. The zero-order chi connectivity index (χ0) is 14.1. The molecule has 0 saturated carbocycles. The topological polar surface area (TPSA) is 62.8 Å². The number of nitrogens with one attached hydrogen (secondary N) is 1. The summed E-state index contributed by atoms with van der Waals surface area (Å²) in [7, 11) is 0. The van der Waals surface area contributed by atoms with E-state index in [1.807, 2.05) is 25.1 Å². The van der Waals surface area contributed by atoms with Gasteiger partial charge in [-0.25, -0.2) is 0 Å². The third kappa shape index (κ3) is 2.99. The van der Waals surface area contributed by atoms with Crippen LogP contribution in [0.4, 0.5) is 0 Å². The van der Waals surface area contributed by atoms with Crippen molar-refractivity contribution >= 4 is 18.1 Å². The first-order chi connectivity index (χ1) is 9.69. The minimum absolute atomic E-state index is 0. The Kier molecular flexibility index (Phi) is 4.76. The molecule has 0 saturated heterocycles. The molecular formula is C17H20ClN3. The second kappa shape index (κ2) is 6.37. The van der Waals surface area contributed by atoms with Crippen LogP contribution in [0.3, 0.4) is 0 Å². The zero-order valence-electron chi connectivity index (χ0n) is 12.1. The maximum Gasteiger partial charge on any atom is 0.0503 e. The smallest absolute Gasteiger partial charge is 0.0503 e. The Morgan fingerprint density at radius 1 is 1.19 bits per heavy atom. The van der Waals surface area contributed by atoms with E-state index in [9.17, 15) is 0 Å². The van der Waals surface area contributed by atoms with E-state index in [0.717, 1.165) is 29.8 Å². The van der Waals surface area contributed by atoms with Crippen LogP contribution in [-0.2, 0) is 13.0 Å². The van der Waals surface area contributed by atoms with E-state index in [1.165, 1.54) is 11.1 Å². The number of fused-ring (bicyclic) bond motifs is 1. The van der Waals surface area contributed by atoms with E-state index in [1.54, 1.807) is 0 Å². The fourth-order valence-corrected chi connectivity index (χ4v) is 3.04. The maximum atomic E-state index is 8.28. The highest BCUT2D eigenvalue weighted by Gasteiger charge is 2.26. The van der Waals surface area contributed by atoms with E-state index < -0.39 is 0 Å². The van der Waals surface area contributed by atoms with E-state index in [0.29, 0.717) is 18.2 Å². The van der Waals surface area contributed by atoms with E-state index in [-0.39, 0.29) is 12.4 Å². The number of hydrogen-bond donors (Lipinski definition) is 2. The molecule has 110 valence electrons. The molecule has 1 aliphatic rings. The third-order valence-electron chi connectivity index (χ3n) is 4.04. The molecule has 1 heterocycles. The summed E-state index contributed by atoms with van der Waals surface area (Å²) in [6.45, 7) is 2.55. The van der Waals surface area contributed by atoms with E-state index >= 15 is 0 Å². The molecule has 0 fully saturated rings. The van der Waals surface area contributed by atoms with Gasteiger partial charge in [0.1, 0.15) is 0 Å².